The van der Waals surface area contributed by atoms with Crippen molar-refractivity contribution in [2.75, 3.05) is 19.8 Å². The molecule has 0 amide bonds. The van der Waals surface area contributed by atoms with E-state index in [1.165, 1.54) is 6.20 Å². The number of hydrogen-bond donors (Lipinski definition) is 1. The van der Waals surface area contributed by atoms with Gasteiger partial charge in [0.15, 0.2) is 0 Å². The van der Waals surface area contributed by atoms with Gasteiger partial charge in [-0.15, -0.1) is 0 Å². The highest BCUT2D eigenvalue weighted by atomic mass is 16.5. The van der Waals surface area contributed by atoms with Crippen molar-refractivity contribution < 1.29 is 19.1 Å². The first-order valence-corrected chi connectivity index (χ1v) is 6.64. The number of carbonyl (C=O) groups is 2. The lowest BCUT2D eigenvalue weighted by Crippen LogP contribution is -2.22. The van der Waals surface area contributed by atoms with Crippen LogP contribution in [0.5, 0.6) is 0 Å². The van der Waals surface area contributed by atoms with Crippen LogP contribution < -0.4 is 5.32 Å². The van der Waals surface area contributed by atoms with Gasteiger partial charge < -0.3 is 14.8 Å². The van der Waals surface area contributed by atoms with Gasteiger partial charge in [0.1, 0.15) is 5.56 Å². The fraction of sp³-hybridized carbons (Fsp3) is 0.615. The Bertz CT molecular complexity index is 456. The Kier molecular flexibility index (Phi) is 6.72. The highest BCUT2D eigenvalue weighted by molar-refractivity contribution is 5.90. The highest BCUT2D eigenvalue weighted by Gasteiger charge is 2.16. The Hall–Kier alpha value is -1.89. The normalized spacial score (nSPS) is 10.3. The van der Waals surface area contributed by atoms with Gasteiger partial charge in [0.05, 0.1) is 31.5 Å². The SMILES string of the molecule is CCOC(=O)CCNCc1c(C(=O)OCC)cnn1C. The average molecular weight is 283 g/mol. The fourth-order valence-corrected chi connectivity index (χ4v) is 1.68. The van der Waals surface area contributed by atoms with E-state index in [1.807, 2.05) is 0 Å². The lowest BCUT2D eigenvalue weighted by atomic mass is 10.2. The van der Waals surface area contributed by atoms with Gasteiger partial charge in [-0.25, -0.2) is 4.79 Å². The van der Waals surface area contributed by atoms with Gasteiger partial charge in [-0.1, -0.05) is 0 Å². The van der Waals surface area contributed by atoms with Gasteiger partial charge in [0, 0.05) is 20.1 Å². The molecule has 1 aromatic rings. The first kappa shape index (κ1) is 16.2. The van der Waals surface area contributed by atoms with Crippen molar-refractivity contribution >= 4 is 11.9 Å². The van der Waals surface area contributed by atoms with E-state index >= 15 is 0 Å². The van der Waals surface area contributed by atoms with Crippen LogP contribution in [0.2, 0.25) is 0 Å². The summed E-state index contributed by atoms with van der Waals surface area (Å²) >= 11 is 0. The minimum Gasteiger partial charge on any atom is -0.466 e. The number of rotatable bonds is 8. The van der Waals surface area contributed by atoms with Crippen LogP contribution >= 0.6 is 0 Å². The van der Waals surface area contributed by atoms with E-state index < -0.39 is 0 Å². The van der Waals surface area contributed by atoms with Crippen LogP contribution in [-0.2, 0) is 27.9 Å². The van der Waals surface area contributed by atoms with Crippen LogP contribution in [-0.4, -0.2) is 41.5 Å². The van der Waals surface area contributed by atoms with Gasteiger partial charge >= 0.3 is 11.9 Å². The zero-order valence-electron chi connectivity index (χ0n) is 12.1. The van der Waals surface area contributed by atoms with Crippen LogP contribution in [0.1, 0.15) is 36.3 Å². The third-order valence-electron chi connectivity index (χ3n) is 2.66. The molecule has 0 saturated heterocycles. The first-order valence-electron chi connectivity index (χ1n) is 6.64. The Balaban J connectivity index is 2.49. The second-order valence-corrected chi connectivity index (χ2v) is 4.08. The summed E-state index contributed by atoms with van der Waals surface area (Å²) in [7, 11) is 1.76. The van der Waals surface area contributed by atoms with Gasteiger partial charge in [-0.2, -0.15) is 5.10 Å². The quantitative estimate of drug-likeness (QED) is 0.557. The van der Waals surface area contributed by atoms with Crippen molar-refractivity contribution in [2.24, 2.45) is 7.05 Å². The minimum absolute atomic E-state index is 0.240. The third-order valence-corrected chi connectivity index (χ3v) is 2.66. The summed E-state index contributed by atoms with van der Waals surface area (Å²) < 4.78 is 11.4. The number of nitrogens with one attached hydrogen (secondary N) is 1. The molecule has 0 unspecified atom stereocenters. The molecule has 112 valence electrons. The third kappa shape index (κ3) is 4.65. The minimum atomic E-state index is -0.386. The summed E-state index contributed by atoms with van der Waals surface area (Å²) in [6.45, 7) is 5.14. The lowest BCUT2D eigenvalue weighted by Gasteiger charge is -2.07. The first-order chi connectivity index (χ1) is 9.60. The van der Waals surface area contributed by atoms with Crippen molar-refractivity contribution in [2.45, 2.75) is 26.8 Å². The largest absolute Gasteiger partial charge is 0.466 e. The second-order valence-electron chi connectivity index (χ2n) is 4.08. The van der Waals surface area contributed by atoms with E-state index in [-0.39, 0.29) is 11.9 Å². The number of ether oxygens (including phenoxy) is 2. The molecule has 0 atom stereocenters. The molecule has 0 bridgehead atoms. The maximum atomic E-state index is 11.7. The van der Waals surface area contributed by atoms with Crippen molar-refractivity contribution in [3.8, 4) is 0 Å². The topological polar surface area (TPSA) is 82.4 Å². The van der Waals surface area contributed by atoms with E-state index in [9.17, 15) is 9.59 Å². The van der Waals surface area contributed by atoms with Crippen LogP contribution in [0.4, 0.5) is 0 Å². The number of hydrogen-bond acceptors (Lipinski definition) is 6. The molecule has 0 aliphatic rings. The standard InChI is InChI=1S/C13H21N3O4/c1-4-19-12(17)6-7-14-9-11-10(8-15-16(11)3)13(18)20-5-2/h8,14H,4-7,9H2,1-3H3. The smallest absolute Gasteiger partial charge is 0.341 e. The molecule has 0 aromatic carbocycles. The highest BCUT2D eigenvalue weighted by Crippen LogP contribution is 2.09. The number of aromatic nitrogens is 2. The number of aryl methyl sites for hydroxylation is 1. The van der Waals surface area contributed by atoms with Crippen LogP contribution in [0.3, 0.4) is 0 Å². The summed E-state index contributed by atoms with van der Waals surface area (Å²) in [6, 6.07) is 0. The Labute approximate surface area is 118 Å². The number of carbonyl (C=O) groups excluding carboxylic acids is 2. The predicted octanol–water partition coefficient (Wildman–Crippen LogP) is 0.640. The van der Waals surface area contributed by atoms with Crippen molar-refractivity contribution in [1.82, 2.24) is 15.1 Å². The Morgan fingerprint density at radius 3 is 2.65 bits per heavy atom. The Morgan fingerprint density at radius 1 is 1.30 bits per heavy atom. The summed E-state index contributed by atoms with van der Waals surface area (Å²) in [4.78, 5) is 22.9. The van der Waals surface area contributed by atoms with E-state index in [4.69, 9.17) is 9.47 Å². The van der Waals surface area contributed by atoms with E-state index in [0.29, 0.717) is 38.3 Å². The molecule has 0 radical (unpaired) electrons. The molecule has 1 aromatic heterocycles. The molecule has 1 heterocycles. The zero-order chi connectivity index (χ0) is 15.0. The van der Waals surface area contributed by atoms with Crippen LogP contribution in [0, 0.1) is 0 Å². The molecule has 0 spiro atoms. The Morgan fingerprint density at radius 2 is 2.00 bits per heavy atom. The molecule has 0 fully saturated rings. The summed E-state index contributed by atoms with van der Waals surface area (Å²) in [5.41, 5.74) is 1.17. The van der Waals surface area contributed by atoms with E-state index in [0.717, 1.165) is 5.69 Å². The summed E-state index contributed by atoms with van der Waals surface area (Å²) in [6.07, 6.45) is 1.78. The molecular weight excluding hydrogens is 262 g/mol. The fourth-order valence-electron chi connectivity index (χ4n) is 1.68. The molecule has 1 rings (SSSR count). The maximum Gasteiger partial charge on any atom is 0.341 e. The number of esters is 2. The zero-order valence-corrected chi connectivity index (χ0v) is 12.1. The van der Waals surface area contributed by atoms with Crippen LogP contribution in [0.15, 0.2) is 6.20 Å². The van der Waals surface area contributed by atoms with Gasteiger partial charge in [0.25, 0.3) is 0 Å². The molecule has 20 heavy (non-hydrogen) atoms. The summed E-state index contributed by atoms with van der Waals surface area (Å²) in [5.74, 6) is -0.626. The van der Waals surface area contributed by atoms with Crippen molar-refractivity contribution in [1.29, 1.82) is 0 Å². The molecular formula is C13H21N3O4. The second kappa shape index (κ2) is 8.31. The maximum absolute atomic E-state index is 11.7. The monoisotopic (exact) mass is 283 g/mol. The van der Waals surface area contributed by atoms with Gasteiger partial charge in [-0.3, -0.25) is 9.48 Å². The van der Waals surface area contributed by atoms with E-state index in [2.05, 4.69) is 10.4 Å². The van der Waals surface area contributed by atoms with Gasteiger partial charge in [-0.05, 0) is 13.8 Å². The average Bonchev–Trinajstić information content (AvgIpc) is 2.77. The lowest BCUT2D eigenvalue weighted by molar-refractivity contribution is -0.142. The molecule has 1 N–H and O–H groups in total. The summed E-state index contributed by atoms with van der Waals surface area (Å²) in [5, 5.41) is 7.13. The molecule has 0 aliphatic carbocycles. The predicted molar refractivity (Wildman–Crippen MR) is 72.1 cm³/mol. The number of nitrogens with zero attached hydrogens (tertiary/aromatic N) is 2. The van der Waals surface area contributed by atoms with Crippen molar-refractivity contribution in [3.05, 3.63) is 17.5 Å². The van der Waals surface area contributed by atoms with Crippen LogP contribution in [0.25, 0.3) is 0 Å². The van der Waals surface area contributed by atoms with Crippen molar-refractivity contribution in [3.63, 3.8) is 0 Å². The van der Waals surface area contributed by atoms with Gasteiger partial charge in [0.2, 0.25) is 0 Å². The van der Waals surface area contributed by atoms with E-state index in [1.54, 1.807) is 25.6 Å². The molecule has 0 aliphatic heterocycles. The molecule has 7 heteroatoms. The molecule has 7 nitrogen and oxygen atoms in total. The molecule has 0 saturated carbocycles.